The normalized spacial score (nSPS) is 14.5. The molecular weight excluding hydrogens is 1210 g/mol. The number of carbonyl (C=O) groups is 2. The fourth-order valence-corrected chi connectivity index (χ4v) is 17.8. The fraction of sp³-hybridized carbons (Fsp3) is 0.708. The lowest BCUT2D eigenvalue weighted by Crippen LogP contribution is -2.33. The Balaban J connectivity index is 1.46. The van der Waals surface area contributed by atoms with Gasteiger partial charge >= 0.3 is 0 Å². The Morgan fingerprint density at radius 2 is 0.865 bits per heavy atom. The summed E-state index contributed by atoms with van der Waals surface area (Å²) < 4.78 is 2.77. The third kappa shape index (κ3) is 26.5. The van der Waals surface area contributed by atoms with Crippen molar-refractivity contribution in [2.75, 3.05) is 13.1 Å². The lowest BCUT2D eigenvalue weighted by molar-refractivity contribution is -0.123. The Kier molecular flexibility index (Phi) is 39.2. The Morgan fingerprint density at radius 1 is 0.458 bits per heavy atom. The number of amides is 2. The van der Waals surface area contributed by atoms with Crippen molar-refractivity contribution < 1.29 is 9.59 Å². The molecule has 0 fully saturated rings. The van der Waals surface area contributed by atoms with Crippen LogP contribution in [0.25, 0.3) is 43.6 Å². The number of nitrogens with zero attached hydrogens (tertiary/aromatic N) is 3. The zero-order chi connectivity index (χ0) is 68.8. The maximum atomic E-state index is 16.3. The number of carbonyl (C=O) groups excluding carboxylic acids is 2. The van der Waals surface area contributed by atoms with E-state index in [1.807, 2.05) is 16.2 Å². The van der Waals surface area contributed by atoms with Crippen LogP contribution in [0.1, 0.15) is 379 Å². The van der Waals surface area contributed by atoms with E-state index < -0.39 is 0 Å². The molecule has 0 N–H and O–H groups in total. The van der Waals surface area contributed by atoms with Crippen LogP contribution in [0.2, 0.25) is 0 Å². The van der Waals surface area contributed by atoms with Crippen LogP contribution in [0, 0.1) is 17.8 Å². The Morgan fingerprint density at radius 3 is 1.30 bits per heavy atom. The number of unbranched alkanes of at least 4 members (excludes halogenated alkanes) is 32. The number of fused-ring (bicyclic) bond motifs is 3. The molecule has 0 saturated carbocycles. The topological polar surface area (TPSA) is 45.6 Å². The molecule has 4 heterocycles. The van der Waals surface area contributed by atoms with E-state index in [1.54, 1.807) is 11.3 Å². The number of benzene rings is 2. The monoisotopic (exact) mass is 1350 g/mol. The SMILES string of the molecule is CCCCCCCCCCCCC(CCCCCCCCCC)Cn1c2cc(-c3ccc(C4=C(C)/C(=C(/c5ccc(CC)s5)N(C=O)CC(CCCCCC)CCCCCCCC)C(=O)N4CC(CCCCCC)CCCCCCCC)s3)ccc2c2ccc(C(C)(C)C)cc21. The fourth-order valence-electron chi connectivity index (χ4n) is 15.7. The first kappa shape index (κ1) is 81.0. The van der Waals surface area contributed by atoms with Crippen molar-refractivity contribution in [3.05, 3.63) is 92.0 Å². The van der Waals surface area contributed by atoms with Gasteiger partial charge in [0, 0.05) is 51.2 Å². The van der Waals surface area contributed by atoms with Crippen LogP contribution in [0.5, 0.6) is 0 Å². The minimum atomic E-state index is 0.0410. The highest BCUT2D eigenvalue weighted by Crippen LogP contribution is 2.47. The molecule has 3 aromatic heterocycles. The maximum Gasteiger partial charge on any atom is 0.260 e. The highest BCUT2D eigenvalue weighted by Gasteiger charge is 2.40. The van der Waals surface area contributed by atoms with Gasteiger partial charge in [0.05, 0.1) is 26.7 Å². The number of hydrogen-bond acceptors (Lipinski definition) is 4. The van der Waals surface area contributed by atoms with Gasteiger partial charge in [-0.2, -0.15) is 0 Å². The van der Waals surface area contributed by atoms with Crippen molar-refractivity contribution in [2.24, 2.45) is 17.8 Å². The zero-order valence-electron chi connectivity index (χ0n) is 64.0. The Hall–Kier alpha value is -3.94. The highest BCUT2D eigenvalue weighted by atomic mass is 32.1. The first-order valence-corrected chi connectivity index (χ1v) is 42.7. The number of thiophene rings is 2. The molecule has 0 radical (unpaired) electrons. The first-order valence-electron chi connectivity index (χ1n) is 41.1. The summed E-state index contributed by atoms with van der Waals surface area (Å²) in [4.78, 5) is 39.5. The number of rotatable bonds is 56. The summed E-state index contributed by atoms with van der Waals surface area (Å²) >= 11 is 3.65. The van der Waals surface area contributed by atoms with Gasteiger partial charge < -0.3 is 14.4 Å². The minimum absolute atomic E-state index is 0.0410. The second-order valence-corrected chi connectivity index (χ2v) is 33.4. The van der Waals surface area contributed by atoms with Gasteiger partial charge in [-0.15, -0.1) is 22.7 Å². The lowest BCUT2D eigenvalue weighted by atomic mass is 9.86. The maximum absolute atomic E-state index is 16.3. The summed E-state index contributed by atoms with van der Waals surface area (Å²) in [7, 11) is 0. The van der Waals surface area contributed by atoms with Crippen molar-refractivity contribution in [3.8, 4) is 10.4 Å². The van der Waals surface area contributed by atoms with E-state index in [2.05, 4.69) is 146 Å². The summed E-state index contributed by atoms with van der Waals surface area (Å²) in [6.45, 7) is 27.9. The summed E-state index contributed by atoms with van der Waals surface area (Å²) in [5, 5.41) is 2.73. The molecule has 3 unspecified atom stereocenters. The molecule has 3 atom stereocenters. The van der Waals surface area contributed by atoms with Crippen LogP contribution in [0.3, 0.4) is 0 Å². The number of aryl methyl sites for hydroxylation is 1. The zero-order valence-corrected chi connectivity index (χ0v) is 65.6. The summed E-state index contributed by atoms with van der Waals surface area (Å²) in [5.74, 6) is 1.49. The van der Waals surface area contributed by atoms with E-state index in [4.69, 9.17) is 0 Å². The van der Waals surface area contributed by atoms with Gasteiger partial charge in [0.15, 0.2) is 0 Å². The van der Waals surface area contributed by atoms with E-state index in [-0.39, 0.29) is 11.3 Å². The van der Waals surface area contributed by atoms with Crippen LogP contribution < -0.4 is 0 Å². The van der Waals surface area contributed by atoms with Gasteiger partial charge in [0.1, 0.15) is 0 Å². The molecule has 0 saturated heterocycles. The second-order valence-electron chi connectivity index (χ2n) is 31.1. The Bertz CT molecular complexity index is 2990. The predicted octanol–water partition coefficient (Wildman–Crippen LogP) is 29.0. The lowest BCUT2D eigenvalue weighted by Gasteiger charge is -2.29. The summed E-state index contributed by atoms with van der Waals surface area (Å²) in [6, 6.07) is 23.9. The first-order chi connectivity index (χ1) is 46.8. The minimum Gasteiger partial charge on any atom is -0.340 e. The molecule has 538 valence electrons. The second kappa shape index (κ2) is 46.5. The predicted molar refractivity (Wildman–Crippen MR) is 427 cm³/mol. The van der Waals surface area contributed by atoms with E-state index in [0.717, 1.165) is 77.4 Å². The number of hydrogen-bond donors (Lipinski definition) is 0. The highest BCUT2D eigenvalue weighted by molar-refractivity contribution is 7.16. The quantitative estimate of drug-likeness (QED) is 0.0221. The van der Waals surface area contributed by atoms with Gasteiger partial charge in [-0.05, 0) is 128 Å². The number of aromatic nitrogens is 1. The van der Waals surface area contributed by atoms with Crippen LogP contribution in [0.4, 0.5) is 0 Å². The molecular formula is C89H143N3O2S2. The van der Waals surface area contributed by atoms with Gasteiger partial charge in [0.2, 0.25) is 6.41 Å². The average Bonchev–Trinajstić information content (AvgIpc) is 1.60. The van der Waals surface area contributed by atoms with Crippen LogP contribution in [-0.4, -0.2) is 39.8 Å². The molecule has 1 aliphatic heterocycles. The van der Waals surface area contributed by atoms with Crippen LogP contribution in [-0.2, 0) is 28.0 Å². The summed E-state index contributed by atoms with van der Waals surface area (Å²) in [6.07, 6.45) is 58.9. The van der Waals surface area contributed by atoms with Crippen molar-refractivity contribution in [3.63, 3.8) is 0 Å². The van der Waals surface area contributed by atoms with Crippen LogP contribution >= 0.6 is 22.7 Å². The van der Waals surface area contributed by atoms with Crippen molar-refractivity contribution in [2.45, 2.75) is 377 Å². The summed E-state index contributed by atoms with van der Waals surface area (Å²) in [5.41, 5.74) is 9.11. The van der Waals surface area contributed by atoms with Crippen LogP contribution in [0.15, 0.2) is 71.8 Å². The van der Waals surface area contributed by atoms with E-state index in [9.17, 15) is 4.79 Å². The molecule has 0 spiro atoms. The van der Waals surface area contributed by atoms with Crippen molar-refractivity contribution in [1.29, 1.82) is 0 Å². The smallest absolute Gasteiger partial charge is 0.260 e. The molecule has 7 heteroatoms. The Labute approximate surface area is 598 Å². The van der Waals surface area contributed by atoms with Gasteiger partial charge in [-0.3, -0.25) is 9.59 Å². The van der Waals surface area contributed by atoms with Crippen molar-refractivity contribution in [1.82, 2.24) is 14.4 Å². The average molecular weight is 1350 g/mol. The van der Waals surface area contributed by atoms with Gasteiger partial charge in [-0.1, -0.05) is 337 Å². The van der Waals surface area contributed by atoms with E-state index >= 15 is 4.79 Å². The van der Waals surface area contributed by atoms with Crippen molar-refractivity contribution >= 4 is 68.2 Å². The standard InChI is InChI=1S/C89H143N3O2S2/c1-12-19-25-31-35-37-38-40-44-50-55-73(54-49-43-39-36-32-26-20-13-2)68-91-80-65-75(57-60-78(80)79-61-58-76(66-81(79)91)89(9,10)11)82-63-64-83(96-82)86-71(8)85(88(94)92(86)69-74(53-46-30-24-17-6)56-48-42-34-28-22-15-4)87(84-62-59-77(18-7)95-84)90(70-93)67-72(51-45-29-23-16-5)52-47-41-33-27-21-14-3/h57-66,70,72-74H,12-56,67-69H2,1-11H3/b87-85+. The molecule has 0 bridgehead atoms. The molecule has 2 amide bonds. The molecule has 96 heavy (non-hydrogen) atoms. The molecule has 2 aromatic carbocycles. The molecule has 5 aromatic rings. The largest absolute Gasteiger partial charge is 0.340 e. The third-order valence-corrected chi connectivity index (χ3v) is 24.2. The third-order valence-electron chi connectivity index (χ3n) is 21.8. The molecule has 1 aliphatic rings. The molecule has 5 nitrogen and oxygen atoms in total. The van der Waals surface area contributed by atoms with E-state index in [1.165, 1.54) is 300 Å². The van der Waals surface area contributed by atoms with E-state index in [0.29, 0.717) is 30.8 Å². The molecule has 0 aliphatic carbocycles. The van der Waals surface area contributed by atoms with Gasteiger partial charge in [0.25, 0.3) is 5.91 Å². The van der Waals surface area contributed by atoms with Gasteiger partial charge in [-0.25, -0.2) is 0 Å². The molecule has 6 rings (SSSR count).